The third kappa shape index (κ3) is 4.52. The highest BCUT2D eigenvalue weighted by Crippen LogP contribution is 2.39. The zero-order valence-corrected chi connectivity index (χ0v) is 20.6. The molecule has 12 heteroatoms. The number of thiophene rings is 1. The van der Waals surface area contributed by atoms with Gasteiger partial charge in [-0.3, -0.25) is 4.79 Å². The first-order valence-corrected chi connectivity index (χ1v) is 12.2. The van der Waals surface area contributed by atoms with Gasteiger partial charge in [0, 0.05) is 10.4 Å². The van der Waals surface area contributed by atoms with E-state index in [9.17, 15) is 22.8 Å². The smallest absolute Gasteiger partial charge is 0.433 e. The number of hydrogen-bond donors (Lipinski definition) is 1. The van der Waals surface area contributed by atoms with Gasteiger partial charge in [-0.15, -0.1) is 11.3 Å². The quantitative estimate of drug-likeness (QED) is 0.347. The largest absolute Gasteiger partial charge is 0.497 e. The number of nitrogens with zero attached hydrogens (tertiary/aromatic N) is 3. The van der Waals surface area contributed by atoms with E-state index in [2.05, 4.69) is 15.4 Å². The predicted octanol–water partition coefficient (Wildman–Crippen LogP) is 5.40. The minimum atomic E-state index is -4.76. The summed E-state index contributed by atoms with van der Waals surface area (Å²) in [6.07, 6.45) is -0.382. The van der Waals surface area contributed by atoms with Crippen LogP contribution in [0.2, 0.25) is 0 Å². The number of carbonyl (C=O) groups is 2. The summed E-state index contributed by atoms with van der Waals surface area (Å²) in [5.41, 5.74) is 0.0397. The van der Waals surface area contributed by atoms with E-state index in [1.54, 1.807) is 24.3 Å². The third-order valence-electron chi connectivity index (χ3n) is 6.18. The molecule has 1 amide bonds. The summed E-state index contributed by atoms with van der Waals surface area (Å²) >= 11 is 1.28. The van der Waals surface area contributed by atoms with Gasteiger partial charge in [-0.25, -0.2) is 14.3 Å². The lowest BCUT2D eigenvalue weighted by molar-refractivity contribution is -0.142. The van der Waals surface area contributed by atoms with Gasteiger partial charge in [0.2, 0.25) is 0 Å². The maximum Gasteiger partial charge on any atom is 0.433 e. The van der Waals surface area contributed by atoms with E-state index < -0.39 is 23.7 Å². The molecule has 1 aromatic carbocycles. The zero-order valence-electron chi connectivity index (χ0n) is 19.8. The van der Waals surface area contributed by atoms with E-state index in [1.165, 1.54) is 25.6 Å². The number of benzene rings is 1. The zero-order chi connectivity index (χ0) is 26.3. The molecule has 3 aromatic heterocycles. The number of fused-ring (bicyclic) bond motifs is 2. The second-order valence-corrected chi connectivity index (χ2v) is 9.51. The van der Waals surface area contributed by atoms with Crippen LogP contribution in [-0.4, -0.2) is 40.7 Å². The van der Waals surface area contributed by atoms with Gasteiger partial charge in [0.1, 0.15) is 16.3 Å². The number of methoxy groups -OCH3 is 2. The van der Waals surface area contributed by atoms with Crippen molar-refractivity contribution in [1.82, 2.24) is 14.6 Å². The van der Waals surface area contributed by atoms with Gasteiger partial charge in [0.25, 0.3) is 5.91 Å². The maximum atomic E-state index is 13.9. The lowest BCUT2D eigenvalue weighted by Gasteiger charge is -2.12. The number of aryl methyl sites for hydroxylation is 1. The Labute approximate surface area is 213 Å². The van der Waals surface area contributed by atoms with Crippen molar-refractivity contribution in [3.05, 3.63) is 63.8 Å². The Morgan fingerprint density at radius 1 is 1.11 bits per heavy atom. The Bertz CT molecular complexity index is 1510. The van der Waals surface area contributed by atoms with Gasteiger partial charge >= 0.3 is 12.1 Å². The fourth-order valence-corrected chi connectivity index (χ4v) is 5.65. The van der Waals surface area contributed by atoms with E-state index in [0.29, 0.717) is 27.3 Å². The SMILES string of the molecule is COC(=O)c1c(NC(=O)c2cnn3c(C(F)(F)F)cc(-c4ccc(OC)cc4)nc23)sc2c1CCCC2. The van der Waals surface area contributed by atoms with E-state index in [4.69, 9.17) is 9.47 Å². The van der Waals surface area contributed by atoms with Crippen molar-refractivity contribution in [2.24, 2.45) is 0 Å². The van der Waals surface area contributed by atoms with Crippen LogP contribution in [0.4, 0.5) is 18.2 Å². The standard InChI is InChI=1S/C25H21F3N4O4S/c1-35-14-9-7-13(8-10-14)17-11-19(25(26,27)28)32-21(30-17)16(12-29-32)22(33)31-23-20(24(34)36-2)15-5-3-4-6-18(15)37-23/h7-12H,3-6H2,1-2H3,(H,31,33). The molecule has 0 saturated heterocycles. The molecule has 192 valence electrons. The molecule has 37 heavy (non-hydrogen) atoms. The average molecular weight is 531 g/mol. The molecule has 5 rings (SSSR count). The number of alkyl halides is 3. The fraction of sp³-hybridized carbons (Fsp3) is 0.280. The van der Waals surface area contributed by atoms with Crippen LogP contribution in [0.3, 0.4) is 0 Å². The Kier molecular flexibility index (Phi) is 6.36. The van der Waals surface area contributed by atoms with Gasteiger partial charge in [-0.1, -0.05) is 0 Å². The number of nitrogens with one attached hydrogen (secondary N) is 1. The van der Waals surface area contributed by atoms with Crippen LogP contribution in [0.5, 0.6) is 5.75 Å². The van der Waals surface area contributed by atoms with Crippen LogP contribution in [0, 0.1) is 0 Å². The summed E-state index contributed by atoms with van der Waals surface area (Å²) in [7, 11) is 2.74. The molecule has 1 aliphatic carbocycles. The van der Waals surface area contributed by atoms with Crippen molar-refractivity contribution in [3.8, 4) is 17.0 Å². The highest BCUT2D eigenvalue weighted by molar-refractivity contribution is 7.17. The number of hydrogen-bond acceptors (Lipinski definition) is 7. The van der Waals surface area contributed by atoms with E-state index in [1.807, 2.05) is 0 Å². The summed E-state index contributed by atoms with van der Waals surface area (Å²) < 4.78 is 52.5. The first-order chi connectivity index (χ1) is 17.7. The van der Waals surface area contributed by atoms with Crippen molar-refractivity contribution in [3.63, 3.8) is 0 Å². The highest BCUT2D eigenvalue weighted by Gasteiger charge is 2.36. The van der Waals surface area contributed by atoms with Crippen LogP contribution < -0.4 is 10.1 Å². The molecule has 0 spiro atoms. The molecule has 0 fully saturated rings. The predicted molar refractivity (Wildman–Crippen MR) is 130 cm³/mol. The van der Waals surface area contributed by atoms with Crippen LogP contribution in [0.1, 0.15) is 49.7 Å². The van der Waals surface area contributed by atoms with Crippen molar-refractivity contribution < 1.29 is 32.2 Å². The molecule has 0 saturated carbocycles. The Morgan fingerprint density at radius 3 is 2.51 bits per heavy atom. The number of amides is 1. The first-order valence-electron chi connectivity index (χ1n) is 11.4. The molecule has 1 aliphatic rings. The molecule has 0 unspecified atom stereocenters. The molecular weight excluding hydrogens is 509 g/mol. The third-order valence-corrected chi connectivity index (χ3v) is 7.39. The number of esters is 1. The Hall–Kier alpha value is -3.93. The summed E-state index contributed by atoms with van der Waals surface area (Å²) in [4.78, 5) is 31.2. The van der Waals surface area contributed by atoms with Crippen LogP contribution in [-0.2, 0) is 23.8 Å². The minimum absolute atomic E-state index is 0.0128. The summed E-state index contributed by atoms with van der Waals surface area (Å²) in [5, 5.41) is 6.81. The molecule has 0 bridgehead atoms. The second kappa shape index (κ2) is 9.51. The molecular formula is C25H21F3N4O4S. The van der Waals surface area contributed by atoms with Crippen molar-refractivity contribution in [2.45, 2.75) is 31.9 Å². The number of ether oxygens (including phenoxy) is 2. The van der Waals surface area contributed by atoms with E-state index in [-0.39, 0.29) is 22.5 Å². The normalized spacial score (nSPS) is 13.3. The molecule has 0 aliphatic heterocycles. The highest BCUT2D eigenvalue weighted by atomic mass is 32.1. The van der Waals surface area contributed by atoms with Crippen LogP contribution in [0.25, 0.3) is 16.9 Å². The first kappa shape index (κ1) is 24.8. The number of halogens is 3. The maximum absolute atomic E-state index is 13.9. The molecule has 0 atom stereocenters. The number of carbonyl (C=O) groups excluding carboxylic acids is 2. The minimum Gasteiger partial charge on any atom is -0.497 e. The number of aromatic nitrogens is 3. The van der Waals surface area contributed by atoms with Gasteiger partial charge in [-0.2, -0.15) is 18.3 Å². The summed E-state index contributed by atoms with van der Waals surface area (Å²) in [6, 6.07) is 7.24. The van der Waals surface area contributed by atoms with Gasteiger partial charge in [-0.05, 0) is 61.6 Å². The Morgan fingerprint density at radius 2 is 1.84 bits per heavy atom. The fourth-order valence-electron chi connectivity index (χ4n) is 4.38. The molecule has 3 heterocycles. The van der Waals surface area contributed by atoms with E-state index >= 15 is 0 Å². The summed E-state index contributed by atoms with van der Waals surface area (Å²) in [6.45, 7) is 0. The molecule has 8 nitrogen and oxygen atoms in total. The molecule has 1 N–H and O–H groups in total. The molecule has 4 aromatic rings. The van der Waals surface area contributed by atoms with Gasteiger partial charge in [0.05, 0.1) is 31.7 Å². The Balaban J connectivity index is 1.59. The lowest BCUT2D eigenvalue weighted by atomic mass is 9.95. The van der Waals surface area contributed by atoms with E-state index in [0.717, 1.165) is 42.0 Å². The van der Waals surface area contributed by atoms with Gasteiger partial charge < -0.3 is 14.8 Å². The van der Waals surface area contributed by atoms with Crippen molar-refractivity contribution >= 4 is 33.9 Å². The molecule has 0 radical (unpaired) electrons. The van der Waals surface area contributed by atoms with Gasteiger partial charge in [0.15, 0.2) is 11.3 Å². The van der Waals surface area contributed by atoms with Crippen molar-refractivity contribution in [1.29, 1.82) is 0 Å². The number of rotatable bonds is 5. The van der Waals surface area contributed by atoms with Crippen LogP contribution in [0.15, 0.2) is 36.5 Å². The van der Waals surface area contributed by atoms with Crippen molar-refractivity contribution in [2.75, 3.05) is 19.5 Å². The lowest BCUT2D eigenvalue weighted by Crippen LogP contribution is -2.17. The van der Waals surface area contributed by atoms with Crippen LogP contribution >= 0.6 is 11.3 Å². The topological polar surface area (TPSA) is 94.8 Å². The summed E-state index contributed by atoms with van der Waals surface area (Å²) in [5.74, 6) is -0.773. The second-order valence-electron chi connectivity index (χ2n) is 8.41. The average Bonchev–Trinajstić information content (AvgIpc) is 3.48. The number of anilines is 1. The monoisotopic (exact) mass is 530 g/mol.